The largest absolute Gasteiger partial charge is 0.465 e. The lowest BCUT2D eigenvalue weighted by Gasteiger charge is -2.44. The van der Waals surface area contributed by atoms with Gasteiger partial charge in [-0.25, -0.2) is 14.0 Å². The molecule has 4 rings (SSSR count). The minimum absolute atomic E-state index is 0.0725. The summed E-state index contributed by atoms with van der Waals surface area (Å²) in [6.07, 6.45) is 0. The van der Waals surface area contributed by atoms with Crippen LogP contribution in [0, 0.1) is 5.82 Å². The highest BCUT2D eigenvalue weighted by Gasteiger charge is 2.29. The van der Waals surface area contributed by atoms with E-state index < -0.39 is 11.8 Å². The second-order valence-corrected chi connectivity index (χ2v) is 11.4. The average Bonchev–Trinajstić information content (AvgIpc) is 2.92. The van der Waals surface area contributed by atoms with Gasteiger partial charge in [0.2, 0.25) is 0 Å². The standard InChI is InChI=1S/C29H39FN4O3S/c1-5-33-21(2)17-31(18-22(33)3)19-23-6-10-26(11-7-23)34(29(36)32-12-14-38-15-13-32)20-25-9-8-24(16-27(25)30)28(35)37-4/h6-11,16,21-22H,5,12-15,17-20H2,1-4H3/t21-,22+. The van der Waals surface area contributed by atoms with E-state index in [1.54, 1.807) is 11.0 Å². The van der Waals surface area contributed by atoms with E-state index in [0.29, 0.717) is 30.7 Å². The van der Waals surface area contributed by atoms with E-state index in [4.69, 9.17) is 4.74 Å². The number of halogens is 1. The second-order valence-electron chi connectivity index (χ2n) is 10.2. The van der Waals surface area contributed by atoms with Gasteiger partial charge in [0, 0.05) is 67.6 Å². The molecule has 2 heterocycles. The maximum Gasteiger partial charge on any atom is 0.337 e. The maximum absolute atomic E-state index is 15.0. The molecular weight excluding hydrogens is 503 g/mol. The molecule has 0 aliphatic carbocycles. The molecule has 0 saturated carbocycles. The Bertz CT molecular complexity index is 1100. The summed E-state index contributed by atoms with van der Waals surface area (Å²) in [4.78, 5) is 33.9. The smallest absolute Gasteiger partial charge is 0.337 e. The third-order valence-corrected chi connectivity index (χ3v) is 8.45. The van der Waals surface area contributed by atoms with Gasteiger partial charge in [-0.1, -0.05) is 25.1 Å². The summed E-state index contributed by atoms with van der Waals surface area (Å²) in [6.45, 7) is 12.2. The second kappa shape index (κ2) is 13.0. The molecule has 0 radical (unpaired) electrons. The number of carbonyl (C=O) groups excluding carboxylic acids is 2. The lowest BCUT2D eigenvalue weighted by atomic mass is 10.1. The molecule has 2 aliphatic rings. The normalized spacial score (nSPS) is 20.8. The number of hydrogen-bond donors (Lipinski definition) is 0. The molecule has 0 N–H and O–H groups in total. The lowest BCUT2D eigenvalue weighted by molar-refractivity contribution is 0.0392. The van der Waals surface area contributed by atoms with Gasteiger partial charge in [-0.3, -0.25) is 14.7 Å². The Balaban J connectivity index is 1.53. The molecule has 2 amide bonds. The molecule has 0 unspecified atom stereocenters. The molecule has 206 valence electrons. The Labute approximate surface area is 229 Å². The molecule has 38 heavy (non-hydrogen) atoms. The van der Waals surface area contributed by atoms with Gasteiger partial charge in [-0.05, 0) is 50.2 Å². The van der Waals surface area contributed by atoms with E-state index in [2.05, 4.69) is 42.7 Å². The molecule has 0 aromatic heterocycles. The maximum atomic E-state index is 15.0. The van der Waals surface area contributed by atoms with Gasteiger partial charge < -0.3 is 9.64 Å². The van der Waals surface area contributed by atoms with Crippen molar-refractivity contribution in [1.29, 1.82) is 0 Å². The average molecular weight is 543 g/mol. The van der Waals surface area contributed by atoms with Gasteiger partial charge in [0.15, 0.2) is 0 Å². The Kier molecular flexibility index (Phi) is 9.68. The summed E-state index contributed by atoms with van der Waals surface area (Å²) in [5.41, 5.74) is 2.41. The first-order valence-corrected chi connectivity index (χ1v) is 14.5. The summed E-state index contributed by atoms with van der Waals surface area (Å²) in [5.74, 6) is 0.654. The number of nitrogens with zero attached hydrogens (tertiary/aromatic N) is 4. The summed E-state index contributed by atoms with van der Waals surface area (Å²) in [6, 6.07) is 13.2. The van der Waals surface area contributed by atoms with Crippen LogP contribution in [0.4, 0.5) is 14.9 Å². The van der Waals surface area contributed by atoms with Gasteiger partial charge in [-0.15, -0.1) is 0 Å². The zero-order valence-electron chi connectivity index (χ0n) is 22.9. The van der Waals surface area contributed by atoms with Crippen molar-refractivity contribution in [1.82, 2.24) is 14.7 Å². The van der Waals surface area contributed by atoms with Crippen molar-refractivity contribution in [3.8, 4) is 0 Å². The fourth-order valence-electron chi connectivity index (χ4n) is 5.54. The number of urea groups is 1. The molecule has 2 aliphatic heterocycles. The Morgan fingerprint density at radius 2 is 1.71 bits per heavy atom. The van der Waals surface area contributed by atoms with Crippen LogP contribution >= 0.6 is 11.8 Å². The molecule has 2 aromatic rings. The number of benzene rings is 2. The van der Waals surface area contributed by atoms with E-state index in [-0.39, 0.29) is 18.1 Å². The first kappa shape index (κ1) is 28.4. The number of carbonyl (C=O) groups is 2. The number of amides is 2. The van der Waals surface area contributed by atoms with E-state index in [9.17, 15) is 14.0 Å². The van der Waals surface area contributed by atoms with Crippen LogP contribution in [0.1, 0.15) is 42.3 Å². The molecule has 7 nitrogen and oxygen atoms in total. The number of ether oxygens (including phenoxy) is 1. The lowest BCUT2D eigenvalue weighted by Crippen LogP contribution is -2.56. The fourth-order valence-corrected chi connectivity index (χ4v) is 6.45. The highest BCUT2D eigenvalue weighted by Crippen LogP contribution is 2.25. The number of methoxy groups -OCH3 is 1. The monoisotopic (exact) mass is 542 g/mol. The van der Waals surface area contributed by atoms with Crippen LogP contribution in [0.2, 0.25) is 0 Å². The van der Waals surface area contributed by atoms with E-state index in [1.807, 2.05) is 28.8 Å². The molecule has 2 aromatic carbocycles. The first-order chi connectivity index (χ1) is 18.3. The Morgan fingerprint density at radius 1 is 1.05 bits per heavy atom. The molecule has 0 bridgehead atoms. The minimum atomic E-state index is -0.593. The summed E-state index contributed by atoms with van der Waals surface area (Å²) < 4.78 is 19.7. The highest BCUT2D eigenvalue weighted by molar-refractivity contribution is 7.99. The summed E-state index contributed by atoms with van der Waals surface area (Å²) >= 11 is 1.83. The van der Waals surface area contributed by atoms with Crippen LogP contribution in [0.5, 0.6) is 0 Å². The minimum Gasteiger partial charge on any atom is -0.465 e. The van der Waals surface area contributed by atoms with Crippen LogP contribution in [-0.2, 0) is 17.8 Å². The van der Waals surface area contributed by atoms with Crippen LogP contribution < -0.4 is 4.90 Å². The Hall–Kier alpha value is -2.62. The number of likely N-dealkylation sites (N-methyl/N-ethyl adjacent to an activating group) is 1. The number of hydrogen-bond acceptors (Lipinski definition) is 6. The van der Waals surface area contributed by atoms with Crippen LogP contribution in [-0.4, -0.2) is 90.1 Å². The van der Waals surface area contributed by atoms with E-state index >= 15 is 0 Å². The van der Waals surface area contributed by atoms with Crippen LogP contribution in [0.15, 0.2) is 42.5 Å². The summed E-state index contributed by atoms with van der Waals surface area (Å²) in [7, 11) is 1.27. The zero-order valence-corrected chi connectivity index (χ0v) is 23.7. The fraction of sp³-hybridized carbons (Fsp3) is 0.517. The van der Waals surface area contributed by atoms with Crippen LogP contribution in [0.3, 0.4) is 0 Å². The predicted octanol–water partition coefficient (Wildman–Crippen LogP) is 4.70. The topological polar surface area (TPSA) is 56.3 Å². The third kappa shape index (κ3) is 6.68. The SMILES string of the molecule is CCN1[C@H](C)CN(Cc2ccc(N(Cc3ccc(C(=O)OC)cc3F)C(=O)N3CCSCC3)cc2)C[C@@H]1C. The van der Waals surface area contributed by atoms with Crippen molar-refractivity contribution in [3.05, 3.63) is 65.0 Å². The van der Waals surface area contributed by atoms with Crippen LogP contribution in [0.25, 0.3) is 0 Å². The van der Waals surface area contributed by atoms with Crippen molar-refractivity contribution in [2.75, 3.05) is 56.2 Å². The van der Waals surface area contributed by atoms with Crippen molar-refractivity contribution in [3.63, 3.8) is 0 Å². The van der Waals surface area contributed by atoms with Gasteiger partial charge in [0.25, 0.3) is 0 Å². The number of anilines is 1. The highest BCUT2D eigenvalue weighted by atomic mass is 32.2. The molecule has 9 heteroatoms. The van der Waals surface area contributed by atoms with Gasteiger partial charge in [0.1, 0.15) is 5.82 Å². The summed E-state index contributed by atoms with van der Waals surface area (Å²) in [5, 5.41) is 0. The van der Waals surface area contributed by atoms with Crippen molar-refractivity contribution in [2.45, 2.75) is 45.9 Å². The predicted molar refractivity (Wildman–Crippen MR) is 151 cm³/mol. The first-order valence-electron chi connectivity index (χ1n) is 13.4. The third-order valence-electron chi connectivity index (χ3n) is 7.51. The molecule has 2 atom stereocenters. The van der Waals surface area contributed by atoms with E-state index in [1.165, 1.54) is 24.8 Å². The molecule has 2 fully saturated rings. The quantitative estimate of drug-likeness (QED) is 0.473. The van der Waals surface area contributed by atoms with Gasteiger partial charge >= 0.3 is 12.0 Å². The number of piperazine rings is 1. The number of rotatable bonds is 7. The molecular formula is C29H39FN4O3S. The number of esters is 1. The van der Waals surface area contributed by atoms with E-state index in [0.717, 1.165) is 43.4 Å². The van der Waals surface area contributed by atoms with Gasteiger partial charge in [-0.2, -0.15) is 11.8 Å². The Morgan fingerprint density at radius 3 is 2.29 bits per heavy atom. The zero-order chi connectivity index (χ0) is 27.2. The molecule has 0 spiro atoms. The number of thioether (sulfide) groups is 1. The van der Waals surface area contributed by atoms with Gasteiger partial charge in [0.05, 0.1) is 19.2 Å². The van der Waals surface area contributed by atoms with Crippen molar-refractivity contribution in [2.24, 2.45) is 0 Å². The van der Waals surface area contributed by atoms with Crippen molar-refractivity contribution < 1.29 is 18.7 Å². The molecule has 2 saturated heterocycles. The van der Waals surface area contributed by atoms with Crippen molar-refractivity contribution >= 4 is 29.4 Å².